The van der Waals surface area contributed by atoms with Crippen LogP contribution in [0.5, 0.6) is 0 Å². The average molecular weight is 250 g/mol. The highest BCUT2D eigenvalue weighted by atomic mass is 16.4. The van der Waals surface area contributed by atoms with Gasteiger partial charge in [0.05, 0.1) is 11.5 Å². The number of carbonyl (C=O) groups is 1. The molecule has 1 atom stereocenters. The lowest BCUT2D eigenvalue weighted by Crippen LogP contribution is -2.49. The smallest absolute Gasteiger partial charge is 0.310 e. The maximum Gasteiger partial charge on any atom is 0.310 e. The Bertz CT molecular complexity index is 370. The summed E-state index contributed by atoms with van der Waals surface area (Å²) in [6.45, 7) is 4.53. The molecule has 0 radical (unpaired) electrons. The molecular weight excluding hydrogens is 228 g/mol. The molecule has 0 aromatic carbocycles. The molecule has 0 aromatic heterocycles. The summed E-state index contributed by atoms with van der Waals surface area (Å²) in [7, 11) is 0. The zero-order valence-corrected chi connectivity index (χ0v) is 11.1. The standard InChI is InChI=1S/C14H22N2O2/c1-2-14(12(17)18)4-3-9-16(11-14)10-13(5-6-13)7-8-15/h2-7,9-11H2,1H3,(H,17,18). The van der Waals surface area contributed by atoms with E-state index in [1.54, 1.807) is 0 Å². The van der Waals surface area contributed by atoms with E-state index in [9.17, 15) is 9.90 Å². The zero-order chi connectivity index (χ0) is 13.2. The summed E-state index contributed by atoms with van der Waals surface area (Å²) in [6, 6.07) is 2.27. The van der Waals surface area contributed by atoms with Crippen molar-refractivity contribution in [3.05, 3.63) is 0 Å². The van der Waals surface area contributed by atoms with Gasteiger partial charge in [-0.05, 0) is 44.1 Å². The number of hydrogen-bond donors (Lipinski definition) is 1. The number of likely N-dealkylation sites (tertiary alicyclic amines) is 1. The van der Waals surface area contributed by atoms with Crippen molar-refractivity contribution in [2.24, 2.45) is 10.8 Å². The number of carboxylic acid groups (broad SMARTS) is 1. The van der Waals surface area contributed by atoms with Crippen LogP contribution in [0.4, 0.5) is 0 Å². The molecule has 1 aliphatic heterocycles. The van der Waals surface area contributed by atoms with E-state index in [1.807, 2.05) is 6.92 Å². The molecule has 2 fully saturated rings. The molecule has 1 heterocycles. The van der Waals surface area contributed by atoms with Gasteiger partial charge < -0.3 is 10.0 Å². The first kappa shape index (κ1) is 13.4. The second-order valence-corrected chi connectivity index (χ2v) is 6.09. The fourth-order valence-electron chi connectivity index (χ4n) is 3.19. The van der Waals surface area contributed by atoms with E-state index < -0.39 is 11.4 Å². The van der Waals surface area contributed by atoms with Gasteiger partial charge in [0.25, 0.3) is 0 Å². The quantitative estimate of drug-likeness (QED) is 0.813. The maximum atomic E-state index is 11.5. The molecule has 0 bridgehead atoms. The van der Waals surface area contributed by atoms with Crippen molar-refractivity contribution in [1.82, 2.24) is 4.90 Å². The van der Waals surface area contributed by atoms with Crippen molar-refractivity contribution in [2.75, 3.05) is 19.6 Å². The Morgan fingerprint density at radius 3 is 2.67 bits per heavy atom. The van der Waals surface area contributed by atoms with E-state index in [2.05, 4.69) is 11.0 Å². The number of nitriles is 1. The second kappa shape index (κ2) is 4.89. The first-order chi connectivity index (χ1) is 8.56. The molecule has 0 spiro atoms. The lowest BCUT2D eigenvalue weighted by molar-refractivity contribution is -0.153. The van der Waals surface area contributed by atoms with Crippen LogP contribution in [-0.2, 0) is 4.79 Å². The molecule has 1 unspecified atom stereocenters. The molecule has 18 heavy (non-hydrogen) atoms. The van der Waals surface area contributed by atoms with Crippen LogP contribution in [0.3, 0.4) is 0 Å². The highest BCUT2D eigenvalue weighted by molar-refractivity contribution is 5.75. The molecule has 4 nitrogen and oxygen atoms in total. The number of hydrogen-bond acceptors (Lipinski definition) is 3. The number of carboxylic acids is 1. The van der Waals surface area contributed by atoms with E-state index in [0.29, 0.717) is 19.4 Å². The number of nitrogens with zero attached hydrogens (tertiary/aromatic N) is 2. The Morgan fingerprint density at radius 2 is 2.17 bits per heavy atom. The van der Waals surface area contributed by atoms with Crippen LogP contribution < -0.4 is 0 Å². The van der Waals surface area contributed by atoms with Crippen LogP contribution in [0.1, 0.15) is 45.4 Å². The van der Waals surface area contributed by atoms with E-state index in [-0.39, 0.29) is 5.41 Å². The van der Waals surface area contributed by atoms with Crippen molar-refractivity contribution >= 4 is 5.97 Å². The minimum Gasteiger partial charge on any atom is -0.481 e. The van der Waals surface area contributed by atoms with E-state index >= 15 is 0 Å². The predicted octanol–water partition coefficient (Wildman–Crippen LogP) is 2.26. The second-order valence-electron chi connectivity index (χ2n) is 6.09. The highest BCUT2D eigenvalue weighted by Gasteiger charge is 2.47. The molecule has 1 aliphatic carbocycles. The summed E-state index contributed by atoms with van der Waals surface area (Å²) in [4.78, 5) is 13.8. The summed E-state index contributed by atoms with van der Waals surface area (Å²) in [5.41, 5.74) is -0.370. The fraction of sp³-hybridized carbons (Fsp3) is 0.857. The lowest BCUT2D eigenvalue weighted by atomic mass is 9.77. The Labute approximate surface area is 109 Å². The topological polar surface area (TPSA) is 64.3 Å². The molecular formula is C14H22N2O2. The lowest BCUT2D eigenvalue weighted by Gasteiger charge is -2.40. The third kappa shape index (κ3) is 2.51. The summed E-state index contributed by atoms with van der Waals surface area (Å²) >= 11 is 0. The monoisotopic (exact) mass is 250 g/mol. The Hall–Kier alpha value is -1.08. The zero-order valence-electron chi connectivity index (χ0n) is 11.1. The SMILES string of the molecule is CCC1(C(=O)O)CCCN(CC2(CC#N)CC2)C1. The van der Waals surface area contributed by atoms with E-state index in [1.165, 1.54) is 0 Å². The largest absolute Gasteiger partial charge is 0.481 e. The average Bonchev–Trinajstić information content (AvgIpc) is 3.09. The third-order valence-electron chi connectivity index (χ3n) is 4.76. The van der Waals surface area contributed by atoms with Crippen LogP contribution in [0.25, 0.3) is 0 Å². The van der Waals surface area contributed by atoms with Crippen LogP contribution in [0.2, 0.25) is 0 Å². The molecule has 1 saturated carbocycles. The van der Waals surface area contributed by atoms with Gasteiger partial charge in [-0.3, -0.25) is 4.79 Å². The van der Waals surface area contributed by atoms with Gasteiger partial charge in [-0.2, -0.15) is 5.26 Å². The van der Waals surface area contributed by atoms with Gasteiger partial charge in [-0.15, -0.1) is 0 Å². The Balaban J connectivity index is 1.99. The van der Waals surface area contributed by atoms with Crippen LogP contribution in [0.15, 0.2) is 0 Å². The van der Waals surface area contributed by atoms with E-state index in [4.69, 9.17) is 5.26 Å². The van der Waals surface area contributed by atoms with Crippen LogP contribution in [-0.4, -0.2) is 35.6 Å². The third-order valence-corrected chi connectivity index (χ3v) is 4.76. The normalized spacial score (nSPS) is 30.7. The maximum absolute atomic E-state index is 11.5. The number of aliphatic carboxylic acids is 1. The molecule has 100 valence electrons. The minimum atomic E-state index is -0.653. The van der Waals surface area contributed by atoms with Crippen molar-refractivity contribution in [2.45, 2.75) is 45.4 Å². The highest BCUT2D eigenvalue weighted by Crippen LogP contribution is 2.50. The summed E-state index contributed by atoms with van der Waals surface area (Å²) in [5, 5.41) is 18.3. The van der Waals surface area contributed by atoms with Crippen molar-refractivity contribution in [3.8, 4) is 6.07 Å². The van der Waals surface area contributed by atoms with Gasteiger partial charge in [0.15, 0.2) is 0 Å². The van der Waals surface area contributed by atoms with Gasteiger partial charge in [0.2, 0.25) is 0 Å². The van der Waals surface area contributed by atoms with Gasteiger partial charge in [0.1, 0.15) is 0 Å². The first-order valence-electron chi connectivity index (χ1n) is 6.89. The predicted molar refractivity (Wildman–Crippen MR) is 67.9 cm³/mol. The Kier molecular flexibility index (Phi) is 3.63. The molecule has 0 aromatic rings. The van der Waals surface area contributed by atoms with Crippen molar-refractivity contribution in [3.63, 3.8) is 0 Å². The molecule has 1 N–H and O–H groups in total. The number of piperidine rings is 1. The van der Waals surface area contributed by atoms with Crippen molar-refractivity contribution in [1.29, 1.82) is 5.26 Å². The van der Waals surface area contributed by atoms with Gasteiger partial charge >= 0.3 is 5.97 Å². The summed E-state index contributed by atoms with van der Waals surface area (Å²) in [5.74, 6) is -0.653. The molecule has 4 heteroatoms. The minimum absolute atomic E-state index is 0.185. The summed E-state index contributed by atoms with van der Waals surface area (Å²) < 4.78 is 0. The van der Waals surface area contributed by atoms with Crippen LogP contribution in [0, 0.1) is 22.2 Å². The molecule has 2 rings (SSSR count). The van der Waals surface area contributed by atoms with Crippen molar-refractivity contribution < 1.29 is 9.90 Å². The molecule has 2 aliphatic rings. The van der Waals surface area contributed by atoms with Gasteiger partial charge in [-0.25, -0.2) is 0 Å². The first-order valence-corrected chi connectivity index (χ1v) is 6.89. The summed E-state index contributed by atoms with van der Waals surface area (Å²) in [6.07, 6.45) is 5.33. The molecule has 1 saturated heterocycles. The van der Waals surface area contributed by atoms with Crippen LogP contribution >= 0.6 is 0 Å². The van der Waals surface area contributed by atoms with Gasteiger partial charge in [0, 0.05) is 19.5 Å². The Morgan fingerprint density at radius 1 is 1.44 bits per heavy atom. The van der Waals surface area contributed by atoms with Gasteiger partial charge in [-0.1, -0.05) is 6.92 Å². The van der Waals surface area contributed by atoms with E-state index in [0.717, 1.165) is 38.8 Å². The number of rotatable bonds is 5. The fourth-order valence-corrected chi connectivity index (χ4v) is 3.19. The molecule has 0 amide bonds.